The standard InChI is InChI=1S/C14H11Br2NO2/c1-19-13-5-4-9(7-11(13)16)8-12(18)14-10(15)3-2-6-17-14/h2-7H,8H2,1H3. The SMILES string of the molecule is COc1ccc(CC(=O)c2ncccc2Br)cc1Br. The van der Waals surface area contributed by atoms with E-state index in [0.717, 1.165) is 15.8 Å². The molecule has 0 bridgehead atoms. The van der Waals surface area contributed by atoms with Gasteiger partial charge in [0, 0.05) is 17.1 Å². The first-order valence-corrected chi connectivity index (χ1v) is 7.16. The number of methoxy groups -OCH3 is 1. The van der Waals surface area contributed by atoms with Crippen LogP contribution < -0.4 is 4.74 Å². The number of ether oxygens (including phenoxy) is 1. The van der Waals surface area contributed by atoms with Crippen molar-refractivity contribution in [2.24, 2.45) is 0 Å². The number of nitrogens with zero attached hydrogens (tertiary/aromatic N) is 1. The lowest BCUT2D eigenvalue weighted by molar-refractivity contribution is 0.0987. The maximum absolute atomic E-state index is 12.2. The van der Waals surface area contributed by atoms with Gasteiger partial charge in [-0.15, -0.1) is 0 Å². The van der Waals surface area contributed by atoms with Gasteiger partial charge >= 0.3 is 0 Å². The van der Waals surface area contributed by atoms with E-state index in [4.69, 9.17) is 4.74 Å². The second-order valence-electron chi connectivity index (χ2n) is 3.90. The molecule has 0 atom stereocenters. The van der Waals surface area contributed by atoms with E-state index in [2.05, 4.69) is 36.8 Å². The number of rotatable bonds is 4. The molecule has 0 saturated carbocycles. The molecule has 0 radical (unpaired) electrons. The van der Waals surface area contributed by atoms with Gasteiger partial charge in [0.1, 0.15) is 11.4 Å². The highest BCUT2D eigenvalue weighted by atomic mass is 79.9. The summed E-state index contributed by atoms with van der Waals surface area (Å²) in [4.78, 5) is 16.3. The molecule has 0 unspecified atom stereocenters. The van der Waals surface area contributed by atoms with Crippen molar-refractivity contribution in [2.75, 3.05) is 7.11 Å². The van der Waals surface area contributed by atoms with E-state index in [-0.39, 0.29) is 5.78 Å². The monoisotopic (exact) mass is 383 g/mol. The van der Waals surface area contributed by atoms with Gasteiger partial charge in [-0.25, -0.2) is 0 Å². The Labute approximate surface area is 128 Å². The number of carbonyl (C=O) groups excluding carboxylic acids is 1. The van der Waals surface area contributed by atoms with Crippen LogP contribution in [0, 0.1) is 0 Å². The summed E-state index contributed by atoms with van der Waals surface area (Å²) >= 11 is 6.74. The molecule has 98 valence electrons. The Morgan fingerprint density at radius 1 is 1.26 bits per heavy atom. The fraction of sp³-hybridized carbons (Fsp3) is 0.143. The molecular weight excluding hydrogens is 374 g/mol. The average Bonchev–Trinajstić information content (AvgIpc) is 2.39. The Hall–Kier alpha value is -1.20. The van der Waals surface area contributed by atoms with Crippen LogP contribution >= 0.6 is 31.9 Å². The van der Waals surface area contributed by atoms with E-state index in [1.54, 1.807) is 19.4 Å². The quantitative estimate of drug-likeness (QED) is 0.746. The number of hydrogen-bond acceptors (Lipinski definition) is 3. The van der Waals surface area contributed by atoms with Crippen molar-refractivity contribution in [1.82, 2.24) is 4.98 Å². The van der Waals surface area contributed by atoms with Crippen molar-refractivity contribution in [3.8, 4) is 5.75 Å². The van der Waals surface area contributed by atoms with Gasteiger partial charge in [0.15, 0.2) is 5.78 Å². The highest BCUT2D eigenvalue weighted by molar-refractivity contribution is 9.10. The average molecular weight is 385 g/mol. The van der Waals surface area contributed by atoms with Crippen LogP contribution in [-0.4, -0.2) is 17.9 Å². The Morgan fingerprint density at radius 3 is 2.68 bits per heavy atom. The summed E-state index contributed by atoms with van der Waals surface area (Å²) in [6.07, 6.45) is 1.92. The van der Waals surface area contributed by atoms with E-state index < -0.39 is 0 Å². The van der Waals surface area contributed by atoms with E-state index in [9.17, 15) is 4.79 Å². The fourth-order valence-corrected chi connectivity index (χ4v) is 2.74. The summed E-state index contributed by atoms with van der Waals surface area (Å²) in [5.41, 5.74) is 1.37. The lowest BCUT2D eigenvalue weighted by Crippen LogP contribution is -2.06. The van der Waals surface area contributed by atoms with Crippen molar-refractivity contribution in [3.05, 3.63) is 56.7 Å². The third kappa shape index (κ3) is 3.42. The molecule has 3 nitrogen and oxygen atoms in total. The molecule has 1 heterocycles. The van der Waals surface area contributed by atoms with Crippen molar-refractivity contribution in [2.45, 2.75) is 6.42 Å². The number of Topliss-reactive ketones (excluding diaryl/α,β-unsaturated/α-hetero) is 1. The summed E-state index contributed by atoms with van der Waals surface area (Å²) in [6, 6.07) is 9.18. The van der Waals surface area contributed by atoms with Crippen LogP contribution in [0.15, 0.2) is 45.5 Å². The van der Waals surface area contributed by atoms with Gasteiger partial charge in [-0.1, -0.05) is 6.07 Å². The second kappa shape index (κ2) is 6.30. The third-order valence-corrected chi connectivity index (χ3v) is 3.86. The van der Waals surface area contributed by atoms with Crippen LogP contribution in [0.25, 0.3) is 0 Å². The number of benzene rings is 1. The lowest BCUT2D eigenvalue weighted by atomic mass is 10.1. The molecule has 0 aliphatic carbocycles. The van der Waals surface area contributed by atoms with E-state index >= 15 is 0 Å². The predicted octanol–water partition coefficient (Wildman–Crippen LogP) is 4.04. The van der Waals surface area contributed by atoms with Gasteiger partial charge in [0.05, 0.1) is 11.6 Å². The molecular formula is C14H11Br2NO2. The van der Waals surface area contributed by atoms with Gasteiger partial charge in [0.2, 0.25) is 0 Å². The first-order chi connectivity index (χ1) is 9.11. The van der Waals surface area contributed by atoms with Crippen LogP contribution in [0.4, 0.5) is 0 Å². The molecule has 0 amide bonds. The highest BCUT2D eigenvalue weighted by Gasteiger charge is 2.12. The van der Waals surface area contributed by atoms with E-state index in [1.807, 2.05) is 24.3 Å². The minimum absolute atomic E-state index is 0.0236. The molecule has 19 heavy (non-hydrogen) atoms. The summed E-state index contributed by atoms with van der Waals surface area (Å²) in [5.74, 6) is 0.722. The van der Waals surface area contributed by atoms with Crippen molar-refractivity contribution < 1.29 is 9.53 Å². The molecule has 1 aromatic carbocycles. The second-order valence-corrected chi connectivity index (χ2v) is 5.61. The molecule has 0 aliphatic rings. The highest BCUT2D eigenvalue weighted by Crippen LogP contribution is 2.26. The largest absolute Gasteiger partial charge is 0.496 e. The van der Waals surface area contributed by atoms with Crippen molar-refractivity contribution >= 4 is 37.6 Å². The summed E-state index contributed by atoms with van der Waals surface area (Å²) in [5, 5.41) is 0. The Bertz CT molecular complexity index is 614. The number of halogens is 2. The van der Waals surface area contributed by atoms with Gasteiger partial charge in [-0.05, 0) is 61.7 Å². The minimum atomic E-state index is -0.0236. The molecule has 5 heteroatoms. The molecule has 0 aliphatic heterocycles. The number of ketones is 1. The zero-order valence-corrected chi connectivity index (χ0v) is 13.4. The van der Waals surface area contributed by atoms with Crippen LogP contribution in [0.1, 0.15) is 16.1 Å². The minimum Gasteiger partial charge on any atom is -0.496 e. The topological polar surface area (TPSA) is 39.2 Å². The number of pyridine rings is 1. The lowest BCUT2D eigenvalue weighted by Gasteiger charge is -2.06. The number of hydrogen-bond donors (Lipinski definition) is 0. The van der Waals surface area contributed by atoms with Crippen molar-refractivity contribution in [1.29, 1.82) is 0 Å². The molecule has 0 N–H and O–H groups in total. The Kier molecular flexibility index (Phi) is 4.71. The molecule has 2 aromatic rings. The van der Waals surface area contributed by atoms with E-state index in [0.29, 0.717) is 16.6 Å². The molecule has 1 aromatic heterocycles. The maximum Gasteiger partial charge on any atom is 0.186 e. The van der Waals surface area contributed by atoms with Gasteiger partial charge in [-0.3, -0.25) is 9.78 Å². The Balaban J connectivity index is 2.20. The van der Waals surface area contributed by atoms with Crippen LogP contribution in [0.5, 0.6) is 5.75 Å². The van der Waals surface area contributed by atoms with E-state index in [1.165, 1.54) is 0 Å². The van der Waals surface area contributed by atoms with Crippen LogP contribution in [0.3, 0.4) is 0 Å². The zero-order valence-electron chi connectivity index (χ0n) is 10.2. The first kappa shape index (κ1) is 14.2. The number of carbonyl (C=O) groups is 1. The molecule has 0 spiro atoms. The summed E-state index contributed by atoms with van der Waals surface area (Å²) in [6.45, 7) is 0. The predicted molar refractivity (Wildman–Crippen MR) is 80.7 cm³/mol. The zero-order chi connectivity index (χ0) is 13.8. The van der Waals surface area contributed by atoms with Gasteiger partial charge in [0.25, 0.3) is 0 Å². The fourth-order valence-electron chi connectivity index (χ4n) is 1.68. The van der Waals surface area contributed by atoms with Crippen LogP contribution in [-0.2, 0) is 6.42 Å². The van der Waals surface area contributed by atoms with Crippen LogP contribution in [0.2, 0.25) is 0 Å². The smallest absolute Gasteiger partial charge is 0.186 e. The normalized spacial score (nSPS) is 10.3. The number of aromatic nitrogens is 1. The maximum atomic E-state index is 12.2. The van der Waals surface area contributed by atoms with Crippen molar-refractivity contribution in [3.63, 3.8) is 0 Å². The molecule has 2 rings (SSSR count). The first-order valence-electron chi connectivity index (χ1n) is 5.58. The summed E-state index contributed by atoms with van der Waals surface area (Å²) in [7, 11) is 1.61. The van der Waals surface area contributed by atoms with Gasteiger partial charge in [-0.2, -0.15) is 0 Å². The van der Waals surface area contributed by atoms with Gasteiger partial charge < -0.3 is 4.74 Å². The summed E-state index contributed by atoms with van der Waals surface area (Å²) < 4.78 is 6.71. The molecule has 0 saturated heterocycles. The Morgan fingerprint density at radius 2 is 2.05 bits per heavy atom. The third-order valence-electron chi connectivity index (χ3n) is 2.60. The molecule has 0 fully saturated rings.